The standard InChI is InChI=1S/C7H5F3INO4S2/c8-7(9,10)18(15,16)12-17(13,14)6-3-1-5(11)2-4-6/h1-4,12H. The van der Waals surface area contributed by atoms with Crippen LogP contribution < -0.4 is 4.13 Å². The molecule has 18 heavy (non-hydrogen) atoms. The van der Waals surface area contributed by atoms with E-state index in [9.17, 15) is 30.0 Å². The Morgan fingerprint density at radius 2 is 1.44 bits per heavy atom. The van der Waals surface area contributed by atoms with Crippen LogP contribution in [0.3, 0.4) is 0 Å². The van der Waals surface area contributed by atoms with Crippen LogP contribution in [-0.4, -0.2) is 22.3 Å². The van der Waals surface area contributed by atoms with Crippen LogP contribution in [-0.2, 0) is 20.0 Å². The molecule has 102 valence electrons. The van der Waals surface area contributed by atoms with E-state index in [1.165, 1.54) is 12.1 Å². The molecule has 1 aromatic rings. The van der Waals surface area contributed by atoms with Gasteiger partial charge in [0.15, 0.2) is 0 Å². The van der Waals surface area contributed by atoms with E-state index >= 15 is 0 Å². The molecule has 0 unspecified atom stereocenters. The Kier molecular flexibility index (Phi) is 4.30. The first kappa shape index (κ1) is 15.7. The van der Waals surface area contributed by atoms with Gasteiger partial charge in [-0.3, -0.25) is 0 Å². The number of hydrogen-bond acceptors (Lipinski definition) is 4. The summed E-state index contributed by atoms with van der Waals surface area (Å²) in [6.45, 7) is 0. The highest BCUT2D eigenvalue weighted by Gasteiger charge is 2.48. The summed E-state index contributed by atoms with van der Waals surface area (Å²) in [7, 11) is -10.7. The molecule has 1 aromatic carbocycles. The van der Waals surface area contributed by atoms with Gasteiger partial charge in [-0.05, 0) is 46.9 Å². The minimum Gasteiger partial charge on any atom is -0.206 e. The van der Waals surface area contributed by atoms with Gasteiger partial charge in [-0.1, -0.05) is 4.13 Å². The van der Waals surface area contributed by atoms with E-state index in [0.717, 1.165) is 12.1 Å². The summed E-state index contributed by atoms with van der Waals surface area (Å²) in [6.07, 6.45) is 0. The summed E-state index contributed by atoms with van der Waals surface area (Å²) in [5, 5.41) is 0. The molecule has 0 atom stereocenters. The largest absolute Gasteiger partial charge is 0.512 e. The molecule has 0 radical (unpaired) electrons. The van der Waals surface area contributed by atoms with Crippen LogP contribution in [0.25, 0.3) is 0 Å². The molecule has 0 fully saturated rings. The lowest BCUT2D eigenvalue weighted by Crippen LogP contribution is -2.40. The molecule has 0 aromatic heterocycles. The van der Waals surface area contributed by atoms with Gasteiger partial charge < -0.3 is 0 Å². The molecular weight excluding hydrogens is 410 g/mol. The maximum Gasteiger partial charge on any atom is 0.512 e. The molecule has 1 rings (SSSR count). The summed E-state index contributed by atoms with van der Waals surface area (Å²) in [5.41, 5.74) is -5.69. The zero-order chi connectivity index (χ0) is 14.2. The lowest BCUT2D eigenvalue weighted by Gasteiger charge is -2.10. The average molecular weight is 415 g/mol. The fourth-order valence-corrected chi connectivity index (χ4v) is 3.63. The van der Waals surface area contributed by atoms with Crippen molar-refractivity contribution in [2.45, 2.75) is 10.4 Å². The Labute approximate surface area is 115 Å². The van der Waals surface area contributed by atoms with Gasteiger partial charge in [0.05, 0.1) is 4.90 Å². The molecule has 0 amide bonds. The van der Waals surface area contributed by atoms with E-state index in [1.807, 2.05) is 22.6 Å². The second-order valence-electron chi connectivity index (χ2n) is 2.99. The topological polar surface area (TPSA) is 80.3 Å². The van der Waals surface area contributed by atoms with Crippen LogP contribution in [0.1, 0.15) is 0 Å². The van der Waals surface area contributed by atoms with Gasteiger partial charge >= 0.3 is 15.5 Å². The third kappa shape index (κ3) is 3.55. The summed E-state index contributed by atoms with van der Waals surface area (Å²) in [6, 6.07) is 4.62. The predicted molar refractivity (Wildman–Crippen MR) is 64.5 cm³/mol. The maximum atomic E-state index is 12.0. The number of benzene rings is 1. The Hall–Kier alpha value is -0.400. The summed E-state index contributed by atoms with van der Waals surface area (Å²) >= 11 is 1.85. The minimum atomic E-state index is -5.95. The van der Waals surface area contributed by atoms with Crippen LogP contribution >= 0.6 is 22.6 Å². The van der Waals surface area contributed by atoms with Crippen LogP contribution in [0.5, 0.6) is 0 Å². The number of nitrogens with one attached hydrogen (secondary N) is 1. The molecule has 1 N–H and O–H groups in total. The van der Waals surface area contributed by atoms with Crippen molar-refractivity contribution in [1.82, 2.24) is 4.13 Å². The van der Waals surface area contributed by atoms with Gasteiger partial charge in [0.2, 0.25) is 0 Å². The molecule has 0 heterocycles. The van der Waals surface area contributed by atoms with Crippen molar-refractivity contribution in [3.05, 3.63) is 27.8 Å². The van der Waals surface area contributed by atoms with Crippen LogP contribution in [0, 0.1) is 3.57 Å². The van der Waals surface area contributed by atoms with Gasteiger partial charge in [0.25, 0.3) is 10.0 Å². The Morgan fingerprint density at radius 3 is 1.83 bits per heavy atom. The first-order chi connectivity index (χ1) is 7.96. The molecule has 0 saturated heterocycles. The second kappa shape index (κ2) is 4.94. The highest BCUT2D eigenvalue weighted by molar-refractivity contribution is 14.1. The Balaban J connectivity index is 3.15. The van der Waals surface area contributed by atoms with Crippen molar-refractivity contribution >= 4 is 42.6 Å². The molecule has 0 bridgehead atoms. The summed E-state index contributed by atoms with van der Waals surface area (Å²) < 4.78 is 81.6. The smallest absolute Gasteiger partial charge is 0.206 e. The molecule has 0 spiro atoms. The van der Waals surface area contributed by atoms with Gasteiger partial charge in [-0.25, -0.2) is 16.8 Å². The van der Waals surface area contributed by atoms with E-state index < -0.39 is 30.5 Å². The molecule has 11 heteroatoms. The van der Waals surface area contributed by atoms with Gasteiger partial charge in [-0.15, -0.1) is 0 Å². The van der Waals surface area contributed by atoms with Gasteiger partial charge in [0, 0.05) is 3.57 Å². The average Bonchev–Trinajstić information content (AvgIpc) is 2.14. The SMILES string of the molecule is O=S(=O)(NS(=O)(=O)C(F)(F)F)c1ccc(I)cc1. The van der Waals surface area contributed by atoms with E-state index in [-0.39, 0.29) is 0 Å². The van der Waals surface area contributed by atoms with Gasteiger partial charge in [0.1, 0.15) is 0 Å². The van der Waals surface area contributed by atoms with E-state index in [2.05, 4.69) is 0 Å². The maximum absolute atomic E-state index is 12.0. The fourth-order valence-electron chi connectivity index (χ4n) is 0.854. The van der Waals surface area contributed by atoms with Crippen LogP contribution in [0.4, 0.5) is 13.2 Å². The quantitative estimate of drug-likeness (QED) is 0.758. The number of hydrogen-bond donors (Lipinski definition) is 1. The van der Waals surface area contributed by atoms with Crippen molar-refractivity contribution in [2.24, 2.45) is 0 Å². The number of alkyl halides is 3. The number of rotatable bonds is 3. The highest BCUT2D eigenvalue weighted by Crippen LogP contribution is 2.23. The van der Waals surface area contributed by atoms with Crippen molar-refractivity contribution in [1.29, 1.82) is 0 Å². The molecular formula is C7H5F3INO4S2. The number of sulfonamides is 2. The normalized spacial score (nSPS) is 13.6. The Bertz CT molecular complexity index is 636. The monoisotopic (exact) mass is 415 g/mol. The Morgan fingerprint density at radius 1 is 1.00 bits per heavy atom. The van der Waals surface area contributed by atoms with Crippen molar-refractivity contribution in [3.8, 4) is 0 Å². The van der Waals surface area contributed by atoms with Crippen molar-refractivity contribution in [2.75, 3.05) is 0 Å². The third-order valence-electron chi connectivity index (χ3n) is 1.65. The van der Waals surface area contributed by atoms with Gasteiger partial charge in [-0.2, -0.15) is 13.2 Å². The van der Waals surface area contributed by atoms with E-state index in [1.54, 1.807) is 0 Å². The lowest BCUT2D eigenvalue weighted by atomic mass is 10.4. The van der Waals surface area contributed by atoms with Crippen molar-refractivity contribution < 1.29 is 30.0 Å². The summed E-state index contributed by atoms with van der Waals surface area (Å²) in [5.74, 6) is 0. The second-order valence-corrected chi connectivity index (χ2v) is 7.85. The molecule has 0 aliphatic heterocycles. The lowest BCUT2D eigenvalue weighted by molar-refractivity contribution is -0.0441. The van der Waals surface area contributed by atoms with Crippen LogP contribution in [0.15, 0.2) is 29.2 Å². The fraction of sp³-hybridized carbons (Fsp3) is 0.143. The van der Waals surface area contributed by atoms with E-state index in [4.69, 9.17) is 0 Å². The zero-order valence-corrected chi connectivity index (χ0v) is 12.1. The van der Waals surface area contributed by atoms with Crippen LogP contribution in [0.2, 0.25) is 0 Å². The first-order valence-electron chi connectivity index (χ1n) is 4.06. The zero-order valence-electron chi connectivity index (χ0n) is 8.27. The molecule has 5 nitrogen and oxygen atoms in total. The van der Waals surface area contributed by atoms with Crippen molar-refractivity contribution in [3.63, 3.8) is 0 Å². The molecule has 0 aliphatic carbocycles. The molecule has 0 saturated carbocycles. The molecule has 0 aliphatic rings. The first-order valence-corrected chi connectivity index (χ1v) is 8.11. The minimum absolute atomic E-state index is 0.573. The summed E-state index contributed by atoms with van der Waals surface area (Å²) in [4.78, 5) is -0.573. The highest BCUT2D eigenvalue weighted by atomic mass is 127. The predicted octanol–water partition coefficient (Wildman–Crippen LogP) is 1.42. The van der Waals surface area contributed by atoms with E-state index in [0.29, 0.717) is 7.70 Å². The third-order valence-corrected chi connectivity index (χ3v) is 5.62. The number of halogens is 4.